The number of allylic oxidation sites excluding steroid dienone is 4. The van der Waals surface area contributed by atoms with Gasteiger partial charge in [0.1, 0.15) is 0 Å². The molecule has 0 fully saturated rings. The molecule has 0 saturated heterocycles. The average molecular weight is 218 g/mol. The van der Waals surface area contributed by atoms with Crippen LogP contribution < -0.4 is 0 Å². The molecule has 2 unspecified atom stereocenters. The molecule has 0 aromatic rings. The highest BCUT2D eigenvalue weighted by molar-refractivity contribution is 5.17. The standard InChI is InChI=1S/C16H26/c1-13(15-9-5-3-6-10-15)14(2)16-11-7-4-8-12-16/h9,11,13-14H,3-8,10,12H2,1-2H3. The summed E-state index contributed by atoms with van der Waals surface area (Å²) >= 11 is 0. The summed E-state index contributed by atoms with van der Waals surface area (Å²) in [5, 5.41) is 0. The minimum absolute atomic E-state index is 0.782. The first-order valence-electron chi connectivity index (χ1n) is 7.17. The Bertz CT molecular complexity index is 252. The van der Waals surface area contributed by atoms with Crippen molar-refractivity contribution in [1.82, 2.24) is 0 Å². The van der Waals surface area contributed by atoms with Crippen molar-refractivity contribution in [3.8, 4) is 0 Å². The first-order valence-corrected chi connectivity index (χ1v) is 7.17. The van der Waals surface area contributed by atoms with Crippen LogP contribution in [-0.4, -0.2) is 0 Å². The molecule has 0 heteroatoms. The van der Waals surface area contributed by atoms with E-state index in [1.165, 1.54) is 51.4 Å². The highest BCUT2D eigenvalue weighted by atomic mass is 14.3. The first-order chi connectivity index (χ1) is 7.79. The fourth-order valence-electron chi connectivity index (χ4n) is 3.20. The number of hydrogen-bond donors (Lipinski definition) is 0. The second-order valence-corrected chi connectivity index (χ2v) is 5.63. The van der Waals surface area contributed by atoms with Crippen LogP contribution in [0.3, 0.4) is 0 Å². The Labute approximate surface area is 101 Å². The van der Waals surface area contributed by atoms with E-state index in [-0.39, 0.29) is 0 Å². The summed E-state index contributed by atoms with van der Waals surface area (Å²) in [4.78, 5) is 0. The van der Waals surface area contributed by atoms with Gasteiger partial charge in [0.15, 0.2) is 0 Å². The van der Waals surface area contributed by atoms with Gasteiger partial charge in [-0.05, 0) is 63.2 Å². The van der Waals surface area contributed by atoms with E-state index in [1.807, 2.05) is 0 Å². The van der Waals surface area contributed by atoms with Gasteiger partial charge in [-0.1, -0.05) is 37.1 Å². The molecular weight excluding hydrogens is 192 g/mol. The smallest absolute Gasteiger partial charge is 0.0169 e. The van der Waals surface area contributed by atoms with Crippen LogP contribution in [0.15, 0.2) is 23.3 Å². The lowest BCUT2D eigenvalue weighted by molar-refractivity contribution is 0.448. The van der Waals surface area contributed by atoms with E-state index in [1.54, 1.807) is 11.1 Å². The van der Waals surface area contributed by atoms with Crippen LogP contribution in [0.25, 0.3) is 0 Å². The average Bonchev–Trinajstić information content (AvgIpc) is 2.39. The zero-order valence-corrected chi connectivity index (χ0v) is 11.0. The Hall–Kier alpha value is -0.520. The van der Waals surface area contributed by atoms with Crippen LogP contribution in [0, 0.1) is 11.8 Å². The van der Waals surface area contributed by atoms with Gasteiger partial charge in [0.2, 0.25) is 0 Å². The minimum atomic E-state index is 0.782. The molecule has 0 heterocycles. The van der Waals surface area contributed by atoms with Crippen molar-refractivity contribution in [1.29, 1.82) is 0 Å². The molecule has 2 atom stereocenters. The molecule has 2 aliphatic rings. The van der Waals surface area contributed by atoms with Crippen molar-refractivity contribution in [3.05, 3.63) is 23.3 Å². The van der Waals surface area contributed by atoms with Crippen LogP contribution in [0.1, 0.15) is 65.2 Å². The van der Waals surface area contributed by atoms with Crippen LogP contribution in [-0.2, 0) is 0 Å². The summed E-state index contributed by atoms with van der Waals surface area (Å²) in [6.45, 7) is 4.88. The van der Waals surface area contributed by atoms with Gasteiger partial charge in [-0.3, -0.25) is 0 Å². The van der Waals surface area contributed by atoms with E-state index < -0.39 is 0 Å². The Kier molecular flexibility index (Phi) is 4.26. The van der Waals surface area contributed by atoms with Crippen molar-refractivity contribution in [3.63, 3.8) is 0 Å². The molecule has 0 bridgehead atoms. The minimum Gasteiger partial charge on any atom is -0.0850 e. The maximum absolute atomic E-state index is 2.52. The summed E-state index contributed by atoms with van der Waals surface area (Å²) in [6.07, 6.45) is 16.1. The second-order valence-electron chi connectivity index (χ2n) is 5.63. The first kappa shape index (κ1) is 12.0. The van der Waals surface area contributed by atoms with Crippen molar-refractivity contribution >= 4 is 0 Å². The van der Waals surface area contributed by atoms with E-state index in [9.17, 15) is 0 Å². The summed E-state index contributed by atoms with van der Waals surface area (Å²) in [5.41, 5.74) is 3.48. The van der Waals surface area contributed by atoms with Gasteiger partial charge in [-0.15, -0.1) is 0 Å². The molecule has 0 nitrogen and oxygen atoms in total. The van der Waals surface area contributed by atoms with Crippen LogP contribution >= 0.6 is 0 Å². The van der Waals surface area contributed by atoms with Crippen molar-refractivity contribution in [2.24, 2.45) is 11.8 Å². The topological polar surface area (TPSA) is 0 Å². The fraction of sp³-hybridized carbons (Fsp3) is 0.750. The quantitative estimate of drug-likeness (QED) is 0.567. The molecule has 16 heavy (non-hydrogen) atoms. The summed E-state index contributed by atoms with van der Waals surface area (Å²) in [7, 11) is 0. The zero-order chi connectivity index (χ0) is 11.4. The van der Waals surface area contributed by atoms with Crippen LogP contribution in [0.5, 0.6) is 0 Å². The molecule has 0 aromatic heterocycles. The summed E-state index contributed by atoms with van der Waals surface area (Å²) in [5.74, 6) is 1.56. The van der Waals surface area contributed by atoms with E-state index >= 15 is 0 Å². The van der Waals surface area contributed by atoms with Crippen molar-refractivity contribution in [2.45, 2.75) is 65.2 Å². The van der Waals surface area contributed by atoms with Crippen LogP contribution in [0.2, 0.25) is 0 Å². The lowest BCUT2D eigenvalue weighted by atomic mass is 9.77. The monoisotopic (exact) mass is 218 g/mol. The Morgan fingerprint density at radius 2 is 1.19 bits per heavy atom. The molecule has 2 rings (SSSR count). The predicted octanol–water partition coefficient (Wildman–Crippen LogP) is 5.26. The maximum atomic E-state index is 2.52. The highest BCUT2D eigenvalue weighted by Crippen LogP contribution is 2.35. The molecule has 90 valence electrons. The Morgan fingerprint density at radius 1 is 0.750 bits per heavy atom. The van der Waals surface area contributed by atoms with Crippen molar-refractivity contribution in [2.75, 3.05) is 0 Å². The van der Waals surface area contributed by atoms with Crippen LogP contribution in [0.4, 0.5) is 0 Å². The van der Waals surface area contributed by atoms with Gasteiger partial charge in [0.05, 0.1) is 0 Å². The highest BCUT2D eigenvalue weighted by Gasteiger charge is 2.21. The molecule has 0 N–H and O–H groups in total. The summed E-state index contributed by atoms with van der Waals surface area (Å²) in [6, 6.07) is 0. The van der Waals surface area contributed by atoms with Gasteiger partial charge in [-0.2, -0.15) is 0 Å². The number of hydrogen-bond acceptors (Lipinski definition) is 0. The predicted molar refractivity (Wildman–Crippen MR) is 71.4 cm³/mol. The van der Waals surface area contributed by atoms with E-state index in [4.69, 9.17) is 0 Å². The molecule has 0 aromatic carbocycles. The molecular formula is C16H26. The molecule has 0 radical (unpaired) electrons. The third-order valence-corrected chi connectivity index (χ3v) is 4.57. The maximum Gasteiger partial charge on any atom is -0.0169 e. The lowest BCUT2D eigenvalue weighted by Gasteiger charge is -2.29. The Balaban J connectivity index is 2.00. The fourth-order valence-corrected chi connectivity index (χ4v) is 3.20. The molecule has 0 spiro atoms. The molecule has 0 aliphatic heterocycles. The van der Waals surface area contributed by atoms with Gasteiger partial charge in [0.25, 0.3) is 0 Å². The SMILES string of the molecule is CC(C1=CCCCC1)C(C)C1=CCCCC1. The summed E-state index contributed by atoms with van der Waals surface area (Å²) < 4.78 is 0. The third-order valence-electron chi connectivity index (χ3n) is 4.57. The molecule has 0 saturated carbocycles. The zero-order valence-electron chi connectivity index (χ0n) is 11.0. The van der Waals surface area contributed by atoms with Gasteiger partial charge in [-0.25, -0.2) is 0 Å². The molecule has 2 aliphatic carbocycles. The largest absolute Gasteiger partial charge is 0.0850 e. The van der Waals surface area contributed by atoms with Gasteiger partial charge < -0.3 is 0 Å². The number of rotatable bonds is 3. The third kappa shape index (κ3) is 2.78. The van der Waals surface area contributed by atoms with E-state index in [0.29, 0.717) is 0 Å². The molecule has 0 amide bonds. The van der Waals surface area contributed by atoms with E-state index in [0.717, 1.165) is 11.8 Å². The van der Waals surface area contributed by atoms with E-state index in [2.05, 4.69) is 26.0 Å². The lowest BCUT2D eigenvalue weighted by Crippen LogP contribution is -2.16. The Morgan fingerprint density at radius 3 is 1.50 bits per heavy atom. The van der Waals surface area contributed by atoms with Crippen molar-refractivity contribution < 1.29 is 0 Å². The normalized spacial score (nSPS) is 25.6. The van der Waals surface area contributed by atoms with Gasteiger partial charge in [0, 0.05) is 0 Å². The van der Waals surface area contributed by atoms with Gasteiger partial charge >= 0.3 is 0 Å². The second kappa shape index (κ2) is 5.70.